The lowest BCUT2D eigenvalue weighted by atomic mass is 9.89. The van der Waals surface area contributed by atoms with Crippen LogP contribution < -0.4 is 0 Å². The summed E-state index contributed by atoms with van der Waals surface area (Å²) in [5, 5.41) is 0. The number of hydrogen-bond donors (Lipinski definition) is 0. The Morgan fingerprint density at radius 1 is 1.08 bits per heavy atom. The maximum atomic E-state index is 5.71. The van der Waals surface area contributed by atoms with Gasteiger partial charge in [-0.1, -0.05) is 0 Å². The molecule has 0 bridgehead atoms. The predicted molar refractivity (Wildman–Crippen MR) is 46.8 cm³/mol. The summed E-state index contributed by atoms with van der Waals surface area (Å²) >= 11 is 0. The van der Waals surface area contributed by atoms with Crippen molar-refractivity contribution in [2.45, 2.75) is 31.8 Å². The Morgan fingerprint density at radius 2 is 1.92 bits per heavy atom. The molecule has 0 saturated carbocycles. The smallest absolute Gasteiger partial charge is 0.0636 e. The summed E-state index contributed by atoms with van der Waals surface area (Å²) < 4.78 is 11.0. The second-order valence-electron chi connectivity index (χ2n) is 3.66. The molecule has 2 rings (SSSR count). The quantitative estimate of drug-likeness (QED) is 0.596. The van der Waals surface area contributed by atoms with E-state index in [2.05, 4.69) is 6.42 Å². The lowest BCUT2D eigenvalue weighted by Crippen LogP contribution is -2.32. The van der Waals surface area contributed by atoms with E-state index in [0.29, 0.717) is 6.10 Å². The molecule has 0 aromatic rings. The molecular weight excluding hydrogens is 152 g/mol. The lowest BCUT2D eigenvalue weighted by Gasteiger charge is -2.32. The van der Waals surface area contributed by atoms with Crippen LogP contribution in [0.1, 0.15) is 25.7 Å². The summed E-state index contributed by atoms with van der Waals surface area (Å²) in [7, 11) is 0. The van der Waals surface area contributed by atoms with Crippen molar-refractivity contribution in [2.75, 3.05) is 19.8 Å². The van der Waals surface area contributed by atoms with E-state index in [1.54, 1.807) is 0 Å². The van der Waals surface area contributed by atoms with Crippen molar-refractivity contribution in [3.63, 3.8) is 0 Å². The molecular formula is C10H17O2. The highest BCUT2D eigenvalue weighted by Gasteiger charge is 2.26. The summed E-state index contributed by atoms with van der Waals surface area (Å²) in [6.45, 7) is 2.81. The minimum absolute atomic E-state index is 0.433. The van der Waals surface area contributed by atoms with Gasteiger partial charge in [-0.05, 0) is 38.0 Å². The van der Waals surface area contributed by atoms with E-state index in [9.17, 15) is 0 Å². The Labute approximate surface area is 74.2 Å². The van der Waals surface area contributed by atoms with Crippen LogP contribution in [-0.4, -0.2) is 25.9 Å². The average Bonchev–Trinajstić information content (AvgIpc) is 2.21. The van der Waals surface area contributed by atoms with Gasteiger partial charge in [-0.2, -0.15) is 0 Å². The van der Waals surface area contributed by atoms with Crippen molar-refractivity contribution in [1.29, 1.82) is 0 Å². The van der Waals surface area contributed by atoms with Crippen LogP contribution in [0, 0.1) is 12.3 Å². The van der Waals surface area contributed by atoms with E-state index in [1.165, 1.54) is 25.7 Å². The molecule has 2 nitrogen and oxygen atoms in total. The molecule has 0 aliphatic carbocycles. The highest BCUT2D eigenvalue weighted by atomic mass is 16.5. The summed E-state index contributed by atoms with van der Waals surface area (Å²) in [5.74, 6) is 0.735. The lowest BCUT2D eigenvalue weighted by molar-refractivity contribution is -0.0320. The van der Waals surface area contributed by atoms with E-state index in [4.69, 9.17) is 9.47 Å². The van der Waals surface area contributed by atoms with E-state index in [1.807, 2.05) is 0 Å². The third-order valence-corrected chi connectivity index (χ3v) is 2.79. The van der Waals surface area contributed by atoms with Crippen molar-refractivity contribution >= 4 is 0 Å². The van der Waals surface area contributed by atoms with Crippen molar-refractivity contribution in [1.82, 2.24) is 0 Å². The second kappa shape index (κ2) is 4.24. The van der Waals surface area contributed by atoms with Gasteiger partial charge in [-0.15, -0.1) is 0 Å². The molecule has 1 radical (unpaired) electrons. The highest BCUT2D eigenvalue weighted by molar-refractivity contribution is 4.87. The van der Waals surface area contributed by atoms with Gasteiger partial charge in [0.2, 0.25) is 0 Å². The predicted octanol–water partition coefficient (Wildman–Crippen LogP) is 1.80. The zero-order valence-corrected chi connectivity index (χ0v) is 7.50. The van der Waals surface area contributed by atoms with Crippen molar-refractivity contribution in [3.05, 3.63) is 6.42 Å². The Balaban J connectivity index is 1.80. The number of ether oxygens (including phenoxy) is 2. The topological polar surface area (TPSA) is 18.5 Å². The summed E-state index contributed by atoms with van der Waals surface area (Å²) in [6, 6.07) is 0. The zero-order chi connectivity index (χ0) is 8.23. The van der Waals surface area contributed by atoms with Crippen LogP contribution in [-0.2, 0) is 9.47 Å². The fourth-order valence-corrected chi connectivity index (χ4v) is 2.03. The molecule has 0 N–H and O–H groups in total. The van der Waals surface area contributed by atoms with Crippen LogP contribution in [0.3, 0.4) is 0 Å². The molecule has 0 aromatic carbocycles. The minimum atomic E-state index is 0.433. The van der Waals surface area contributed by atoms with Crippen LogP contribution >= 0.6 is 0 Å². The molecule has 2 aliphatic rings. The monoisotopic (exact) mass is 169 g/mol. The number of hydrogen-bond acceptors (Lipinski definition) is 2. The Hall–Kier alpha value is -0.0800. The Kier molecular flexibility index (Phi) is 3.01. The van der Waals surface area contributed by atoms with Gasteiger partial charge in [0.25, 0.3) is 0 Å². The molecule has 0 aromatic heterocycles. The molecule has 2 saturated heterocycles. The SMILES string of the molecule is [CH]1CCCOC1C1CCOCC1. The fraction of sp³-hybridized carbons (Fsp3) is 0.900. The van der Waals surface area contributed by atoms with Crippen LogP contribution in [0.5, 0.6) is 0 Å². The van der Waals surface area contributed by atoms with Gasteiger partial charge in [-0.3, -0.25) is 0 Å². The first-order valence-electron chi connectivity index (χ1n) is 4.99. The van der Waals surface area contributed by atoms with Gasteiger partial charge in [0.05, 0.1) is 6.10 Å². The van der Waals surface area contributed by atoms with Gasteiger partial charge in [0, 0.05) is 19.8 Å². The van der Waals surface area contributed by atoms with E-state index in [-0.39, 0.29) is 0 Å². The van der Waals surface area contributed by atoms with Crippen LogP contribution in [0.25, 0.3) is 0 Å². The van der Waals surface area contributed by atoms with Gasteiger partial charge < -0.3 is 9.47 Å². The van der Waals surface area contributed by atoms with E-state index in [0.717, 1.165) is 25.7 Å². The van der Waals surface area contributed by atoms with Crippen molar-refractivity contribution in [3.8, 4) is 0 Å². The number of rotatable bonds is 1. The summed E-state index contributed by atoms with van der Waals surface area (Å²) in [5.41, 5.74) is 0. The van der Waals surface area contributed by atoms with Crippen molar-refractivity contribution in [2.24, 2.45) is 5.92 Å². The van der Waals surface area contributed by atoms with E-state index < -0.39 is 0 Å². The largest absolute Gasteiger partial charge is 0.381 e. The minimum Gasteiger partial charge on any atom is -0.381 e. The van der Waals surface area contributed by atoms with Crippen LogP contribution in [0.15, 0.2) is 0 Å². The molecule has 2 heterocycles. The first-order valence-corrected chi connectivity index (χ1v) is 4.99. The van der Waals surface area contributed by atoms with Gasteiger partial charge in [0.15, 0.2) is 0 Å². The fourth-order valence-electron chi connectivity index (χ4n) is 2.03. The molecule has 2 heteroatoms. The summed E-state index contributed by atoms with van der Waals surface area (Å²) in [6.07, 6.45) is 7.59. The normalized spacial score (nSPS) is 33.5. The first kappa shape index (κ1) is 8.52. The van der Waals surface area contributed by atoms with Gasteiger partial charge in [-0.25, -0.2) is 0 Å². The molecule has 12 heavy (non-hydrogen) atoms. The Bertz CT molecular complexity index is 108. The molecule has 2 fully saturated rings. The Morgan fingerprint density at radius 3 is 2.58 bits per heavy atom. The van der Waals surface area contributed by atoms with E-state index >= 15 is 0 Å². The highest BCUT2D eigenvalue weighted by Crippen LogP contribution is 2.26. The molecule has 1 unspecified atom stereocenters. The molecule has 0 amide bonds. The van der Waals surface area contributed by atoms with Crippen LogP contribution in [0.4, 0.5) is 0 Å². The van der Waals surface area contributed by atoms with Gasteiger partial charge in [0.1, 0.15) is 0 Å². The van der Waals surface area contributed by atoms with Crippen molar-refractivity contribution < 1.29 is 9.47 Å². The average molecular weight is 169 g/mol. The third-order valence-electron chi connectivity index (χ3n) is 2.79. The molecule has 69 valence electrons. The zero-order valence-electron chi connectivity index (χ0n) is 7.50. The first-order chi connectivity index (χ1) is 5.97. The molecule has 1 atom stereocenters. The maximum Gasteiger partial charge on any atom is 0.0636 e. The van der Waals surface area contributed by atoms with Gasteiger partial charge >= 0.3 is 0 Å². The standard InChI is InChI=1S/C10H17O2/c1-2-6-12-10(3-1)9-4-7-11-8-5-9/h3,9-10H,1-2,4-8H2. The second-order valence-corrected chi connectivity index (χ2v) is 3.66. The third kappa shape index (κ3) is 1.99. The summed E-state index contributed by atoms with van der Waals surface area (Å²) in [4.78, 5) is 0. The maximum absolute atomic E-state index is 5.71. The molecule has 2 aliphatic heterocycles. The van der Waals surface area contributed by atoms with Crippen LogP contribution in [0.2, 0.25) is 0 Å². The molecule has 0 spiro atoms.